The first-order chi connectivity index (χ1) is 16.5. The number of hydrogen-bond donors (Lipinski definition) is 3. The molecule has 0 atom stereocenters. The van der Waals surface area contributed by atoms with E-state index in [1.807, 2.05) is 27.7 Å². The lowest BCUT2D eigenvalue weighted by Crippen LogP contribution is -2.35. The first-order valence-corrected chi connectivity index (χ1v) is 13.9. The molecule has 0 bridgehead atoms. The predicted octanol–water partition coefficient (Wildman–Crippen LogP) is 1.69. The van der Waals surface area contributed by atoms with Crippen molar-refractivity contribution in [1.82, 2.24) is 16.0 Å². The molecule has 9 nitrogen and oxygen atoms in total. The van der Waals surface area contributed by atoms with Gasteiger partial charge in [-0.1, -0.05) is 21.6 Å². The van der Waals surface area contributed by atoms with Crippen LogP contribution in [0.25, 0.3) is 0 Å². The highest BCUT2D eigenvalue weighted by Crippen LogP contribution is 2.21. The van der Waals surface area contributed by atoms with Gasteiger partial charge in [-0.25, -0.2) is 0 Å². The van der Waals surface area contributed by atoms with Crippen LogP contribution in [0.5, 0.6) is 0 Å². The highest BCUT2D eigenvalue weighted by molar-refractivity contribution is 8.76. The van der Waals surface area contributed by atoms with E-state index < -0.39 is 17.0 Å². The maximum absolute atomic E-state index is 12.0. The Morgan fingerprint density at radius 3 is 2.20 bits per heavy atom. The van der Waals surface area contributed by atoms with E-state index in [0.717, 1.165) is 5.75 Å². The monoisotopic (exact) mass is 525 g/mol. The Labute approximate surface area is 220 Å². The molecule has 0 spiro atoms. The molecular weight excluding hydrogens is 488 g/mol. The zero-order valence-corrected chi connectivity index (χ0v) is 22.8. The fraction of sp³-hybridized carbons (Fsp3) is 0.773. The van der Waals surface area contributed by atoms with Crippen molar-refractivity contribution in [1.29, 1.82) is 0 Å². The van der Waals surface area contributed by atoms with Crippen molar-refractivity contribution in [2.75, 3.05) is 44.6 Å². The van der Waals surface area contributed by atoms with Gasteiger partial charge < -0.3 is 24.8 Å². The molecule has 0 aliphatic carbocycles. The molecule has 3 amide bonds. The molecule has 0 heterocycles. The van der Waals surface area contributed by atoms with Crippen molar-refractivity contribution in [3.8, 4) is 11.9 Å². The molecule has 0 saturated carbocycles. The standard InChI is InChI=1S/C22H37B2N3O6S2/c1-21(2,7-10-27-20(24)30)33-15-8-22(3,4)32-14-6-19(29)26-12-16-34-35-17-31-13-5-18(28)25-11-9-23/h5-8,10,12-17H2,1-4H3,(H,25,28)(H,26,29)(H,27,30). The van der Waals surface area contributed by atoms with Crippen LogP contribution in [0.2, 0.25) is 0 Å². The van der Waals surface area contributed by atoms with Gasteiger partial charge in [-0.15, -0.1) is 5.82 Å². The predicted molar refractivity (Wildman–Crippen MR) is 143 cm³/mol. The molecular formula is C22H37B2N3O6S2. The lowest BCUT2D eigenvalue weighted by atomic mass is 10.0. The van der Waals surface area contributed by atoms with Crippen molar-refractivity contribution in [2.45, 2.75) is 64.6 Å². The minimum absolute atomic E-state index is 0.0615. The van der Waals surface area contributed by atoms with E-state index in [9.17, 15) is 14.4 Å². The van der Waals surface area contributed by atoms with Gasteiger partial charge in [0.05, 0.1) is 37.4 Å². The Hall–Kier alpha value is -1.32. The van der Waals surface area contributed by atoms with Crippen LogP contribution in [-0.2, 0) is 23.8 Å². The van der Waals surface area contributed by atoms with E-state index in [-0.39, 0.29) is 24.7 Å². The summed E-state index contributed by atoms with van der Waals surface area (Å²) in [4.78, 5) is 34.0. The summed E-state index contributed by atoms with van der Waals surface area (Å²) < 4.78 is 17.1. The number of nitrogens with one attached hydrogen (secondary N) is 3. The number of carbonyl (C=O) groups is 3. The minimum Gasteiger partial charge on any atom is -0.375 e. The average Bonchev–Trinajstić information content (AvgIpc) is 2.75. The van der Waals surface area contributed by atoms with Crippen molar-refractivity contribution >= 4 is 54.9 Å². The lowest BCUT2D eigenvalue weighted by Gasteiger charge is -2.30. The summed E-state index contributed by atoms with van der Waals surface area (Å²) in [6.45, 7) is 9.97. The van der Waals surface area contributed by atoms with E-state index in [4.69, 9.17) is 29.9 Å². The van der Waals surface area contributed by atoms with Crippen molar-refractivity contribution < 1.29 is 28.6 Å². The normalized spacial score (nSPS) is 11.3. The van der Waals surface area contributed by atoms with E-state index >= 15 is 0 Å². The van der Waals surface area contributed by atoms with E-state index in [0.29, 0.717) is 51.7 Å². The average molecular weight is 525 g/mol. The Morgan fingerprint density at radius 2 is 1.51 bits per heavy atom. The lowest BCUT2D eigenvalue weighted by molar-refractivity contribution is -0.124. The first-order valence-electron chi connectivity index (χ1n) is 11.4. The Kier molecular flexibility index (Phi) is 19.1. The summed E-state index contributed by atoms with van der Waals surface area (Å²) in [5.41, 5.74) is -0.815. The fourth-order valence-corrected chi connectivity index (χ4v) is 4.03. The molecule has 0 unspecified atom stereocenters. The maximum atomic E-state index is 12.0. The second-order valence-electron chi connectivity index (χ2n) is 8.64. The van der Waals surface area contributed by atoms with Gasteiger partial charge in [0.25, 0.3) is 0 Å². The summed E-state index contributed by atoms with van der Waals surface area (Å²) in [5, 5.41) is 7.74. The van der Waals surface area contributed by atoms with Crippen molar-refractivity contribution in [3.63, 3.8) is 0 Å². The van der Waals surface area contributed by atoms with Crippen LogP contribution in [-0.4, -0.2) is 89.1 Å². The molecule has 4 radical (unpaired) electrons. The molecule has 0 aromatic heterocycles. The zero-order chi connectivity index (χ0) is 26.6. The zero-order valence-electron chi connectivity index (χ0n) is 21.2. The summed E-state index contributed by atoms with van der Waals surface area (Å²) in [6, 6.07) is 2.28. The largest absolute Gasteiger partial charge is 0.375 e. The van der Waals surface area contributed by atoms with E-state index in [1.54, 1.807) is 10.8 Å². The van der Waals surface area contributed by atoms with Gasteiger partial charge in [-0.3, -0.25) is 19.7 Å². The van der Waals surface area contributed by atoms with Gasteiger partial charge in [0, 0.05) is 25.3 Å². The number of ether oxygens (including phenoxy) is 3. The summed E-state index contributed by atoms with van der Waals surface area (Å²) in [5.74, 6) is 2.43. The van der Waals surface area contributed by atoms with Crippen LogP contribution in [0.3, 0.4) is 0 Å². The molecule has 0 saturated heterocycles. The fourth-order valence-electron chi connectivity index (χ4n) is 2.46. The minimum atomic E-state index is -0.545. The number of amides is 3. The third-order valence-corrected chi connectivity index (χ3v) is 6.60. The van der Waals surface area contributed by atoms with Crippen LogP contribution in [0.15, 0.2) is 0 Å². The third-order valence-electron chi connectivity index (χ3n) is 4.52. The maximum Gasteiger partial charge on any atom is 0.233 e. The van der Waals surface area contributed by atoms with Crippen LogP contribution < -0.4 is 16.0 Å². The molecule has 194 valence electrons. The molecule has 3 N–H and O–H groups in total. The summed E-state index contributed by atoms with van der Waals surface area (Å²) in [6.07, 6.45) is 1.82. The number of rotatable bonds is 20. The van der Waals surface area contributed by atoms with Gasteiger partial charge in [0.2, 0.25) is 11.8 Å². The number of hydrogen-bond acceptors (Lipinski definition) is 8. The Morgan fingerprint density at radius 1 is 0.857 bits per heavy atom. The van der Waals surface area contributed by atoms with Gasteiger partial charge >= 0.3 is 0 Å². The van der Waals surface area contributed by atoms with Crippen molar-refractivity contribution in [2.24, 2.45) is 0 Å². The highest BCUT2D eigenvalue weighted by Gasteiger charge is 2.23. The first kappa shape index (κ1) is 33.7. The van der Waals surface area contributed by atoms with Crippen LogP contribution >= 0.6 is 21.6 Å². The Bertz CT molecular complexity index is 702. The van der Waals surface area contributed by atoms with Gasteiger partial charge in [0.15, 0.2) is 21.5 Å². The van der Waals surface area contributed by atoms with Gasteiger partial charge in [-0.05, 0) is 46.6 Å². The quantitative estimate of drug-likeness (QED) is 0.0550. The highest BCUT2D eigenvalue weighted by atomic mass is 33.1. The molecule has 35 heavy (non-hydrogen) atoms. The van der Waals surface area contributed by atoms with Crippen LogP contribution in [0, 0.1) is 11.9 Å². The molecule has 0 rings (SSSR count). The van der Waals surface area contributed by atoms with E-state index in [2.05, 4.69) is 27.8 Å². The van der Waals surface area contributed by atoms with Crippen LogP contribution in [0.4, 0.5) is 4.79 Å². The molecule has 0 aromatic rings. The van der Waals surface area contributed by atoms with Crippen molar-refractivity contribution in [3.05, 3.63) is 0 Å². The molecule has 13 heteroatoms. The number of carbonyl (C=O) groups excluding carboxylic acids is 3. The third kappa shape index (κ3) is 22.9. The van der Waals surface area contributed by atoms with Gasteiger partial charge in [0.1, 0.15) is 5.94 Å². The van der Waals surface area contributed by atoms with E-state index in [1.165, 1.54) is 10.8 Å². The second kappa shape index (κ2) is 19.8. The SMILES string of the molecule is [B]C#CNC(=O)CCOCSSCCNC(=O)CCOC(C)(C)CCOC(C)(C)CCNC([B])=O. The Balaban J connectivity index is 3.73. The summed E-state index contributed by atoms with van der Waals surface area (Å²) >= 11 is 0. The topological polar surface area (TPSA) is 115 Å². The summed E-state index contributed by atoms with van der Waals surface area (Å²) in [7, 11) is 13.1. The van der Waals surface area contributed by atoms with Gasteiger partial charge in [-0.2, -0.15) is 0 Å². The molecule has 0 fully saturated rings. The molecule has 0 aromatic carbocycles. The smallest absolute Gasteiger partial charge is 0.233 e. The van der Waals surface area contributed by atoms with Crippen LogP contribution in [0.1, 0.15) is 53.4 Å². The molecule has 0 aliphatic heterocycles. The molecule has 0 aliphatic rings. The second-order valence-corrected chi connectivity index (χ2v) is 11.2.